The van der Waals surface area contributed by atoms with E-state index < -0.39 is 0 Å². The summed E-state index contributed by atoms with van der Waals surface area (Å²) < 4.78 is 0. The molecule has 0 bridgehead atoms. The van der Waals surface area contributed by atoms with Crippen molar-refractivity contribution in [1.29, 1.82) is 0 Å². The molecule has 0 aromatic carbocycles. The summed E-state index contributed by atoms with van der Waals surface area (Å²) in [5.41, 5.74) is 20.8. The predicted octanol–water partition coefficient (Wildman–Crippen LogP) is 25.2. The first-order valence-electron chi connectivity index (χ1n) is 29.6. The number of hydrogen-bond donors (Lipinski definition) is 0. The molecule has 0 aromatic heterocycles. The van der Waals surface area contributed by atoms with Crippen molar-refractivity contribution in [3.8, 4) is 0 Å². The third kappa shape index (κ3) is 35.8. The van der Waals surface area contributed by atoms with Gasteiger partial charge in [-0.15, -0.1) is 0 Å². The topological polar surface area (TPSA) is 0 Å². The molecule has 2 rings (SSSR count). The molecule has 0 heterocycles. The first-order chi connectivity index (χ1) is 37.4. The van der Waals surface area contributed by atoms with Crippen LogP contribution in [0.3, 0.4) is 0 Å². The molecule has 79 heavy (non-hydrogen) atoms. The highest BCUT2D eigenvalue weighted by molar-refractivity contribution is 5.40. The van der Waals surface area contributed by atoms with Gasteiger partial charge < -0.3 is 0 Å². The first-order valence-corrected chi connectivity index (χ1v) is 29.6. The Morgan fingerprint density at radius 1 is 0.367 bits per heavy atom. The Hall–Kier alpha value is -6.24. The van der Waals surface area contributed by atoms with Crippen molar-refractivity contribution in [2.75, 3.05) is 0 Å². The van der Waals surface area contributed by atoms with E-state index >= 15 is 0 Å². The molecule has 426 valence electrons. The van der Waals surface area contributed by atoms with Crippen LogP contribution in [-0.2, 0) is 0 Å². The lowest BCUT2D eigenvalue weighted by atomic mass is 9.72. The quantitative estimate of drug-likeness (QED) is 0.0598. The van der Waals surface area contributed by atoms with Crippen molar-refractivity contribution in [2.24, 2.45) is 10.8 Å². The normalized spacial score (nSPS) is 18.8. The SMILES string of the molecule is CC1=C(/C=C/C(C)=C/C=C/C(C)=C/C=C/C=C(C)/C=C/C=C(C)/C=C/C2=C(C)CCCC2(C)C)C(C)(C)CCC1.CC=CCC/C(C)=C/C=C/C(C)=C/C=C/C(C)=C/C=C/C=C(C)/C=C/C=C(C)/C=C/C=C(\C)CCC=C(C)C. The van der Waals surface area contributed by atoms with Crippen LogP contribution < -0.4 is 0 Å². The molecule has 0 saturated heterocycles. The number of hydrogen-bond acceptors (Lipinski definition) is 0. The summed E-state index contributed by atoms with van der Waals surface area (Å²) >= 11 is 0. The maximum absolute atomic E-state index is 2.37. The molecular weight excluding hydrogens is 949 g/mol. The van der Waals surface area contributed by atoms with Crippen LogP contribution >= 0.6 is 0 Å². The van der Waals surface area contributed by atoms with Crippen LogP contribution in [-0.4, -0.2) is 0 Å². The average Bonchev–Trinajstić information content (AvgIpc) is 3.39. The smallest absolute Gasteiger partial charge is 0.0104 e. The van der Waals surface area contributed by atoms with Crippen molar-refractivity contribution in [3.63, 3.8) is 0 Å². The van der Waals surface area contributed by atoms with Crippen LogP contribution in [0.15, 0.2) is 284 Å². The minimum absolute atomic E-state index is 0.291. The fourth-order valence-corrected chi connectivity index (χ4v) is 9.09. The summed E-state index contributed by atoms with van der Waals surface area (Å²) in [6.07, 6.45) is 83.7. The van der Waals surface area contributed by atoms with E-state index in [1.54, 1.807) is 11.1 Å². The zero-order chi connectivity index (χ0) is 59.1. The molecule has 0 atom stereocenters. The van der Waals surface area contributed by atoms with Crippen LogP contribution in [0.25, 0.3) is 0 Å². The van der Waals surface area contributed by atoms with Gasteiger partial charge in [0.1, 0.15) is 0 Å². The van der Waals surface area contributed by atoms with Gasteiger partial charge in [0.05, 0.1) is 0 Å². The molecule has 0 unspecified atom stereocenters. The zero-order valence-corrected chi connectivity index (χ0v) is 53.6. The molecule has 0 aliphatic heterocycles. The van der Waals surface area contributed by atoms with Crippen molar-refractivity contribution in [1.82, 2.24) is 0 Å². The lowest BCUT2D eigenvalue weighted by molar-refractivity contribution is 0.376. The maximum atomic E-state index is 2.37. The van der Waals surface area contributed by atoms with E-state index in [9.17, 15) is 0 Å². The summed E-state index contributed by atoms with van der Waals surface area (Å²) in [4.78, 5) is 0. The van der Waals surface area contributed by atoms with Gasteiger partial charge in [-0.1, -0.05) is 301 Å². The second-order valence-electron chi connectivity index (χ2n) is 23.7. The fourth-order valence-electron chi connectivity index (χ4n) is 9.09. The Morgan fingerprint density at radius 2 is 0.646 bits per heavy atom. The van der Waals surface area contributed by atoms with E-state index in [0.717, 1.165) is 25.7 Å². The number of allylic oxidation sites excluding steroid dienone is 48. The molecule has 0 aromatic rings. The van der Waals surface area contributed by atoms with Gasteiger partial charge in [0.2, 0.25) is 0 Å². The van der Waals surface area contributed by atoms with Crippen molar-refractivity contribution >= 4 is 0 Å². The molecular formula is C79H110. The van der Waals surface area contributed by atoms with Gasteiger partial charge in [0, 0.05) is 0 Å². The molecule has 2 aliphatic carbocycles. The number of rotatable bonds is 26. The first kappa shape index (κ1) is 70.8. The van der Waals surface area contributed by atoms with Crippen LogP contribution in [0.4, 0.5) is 0 Å². The van der Waals surface area contributed by atoms with E-state index in [1.807, 2.05) is 0 Å². The summed E-state index contributed by atoms with van der Waals surface area (Å²) in [7, 11) is 0. The average molecular weight is 1060 g/mol. The van der Waals surface area contributed by atoms with Crippen LogP contribution in [0.5, 0.6) is 0 Å². The monoisotopic (exact) mass is 1060 g/mol. The minimum atomic E-state index is 0.291. The molecule has 0 spiro atoms. The summed E-state index contributed by atoms with van der Waals surface area (Å²) in [5.74, 6) is 0. The fraction of sp³-hybridized carbons (Fsp3) is 0.392. The van der Waals surface area contributed by atoms with Gasteiger partial charge in [0.15, 0.2) is 0 Å². The molecule has 2 aliphatic rings. The van der Waals surface area contributed by atoms with Gasteiger partial charge in [-0.2, -0.15) is 0 Å². The maximum Gasteiger partial charge on any atom is -0.0104 e. The van der Waals surface area contributed by atoms with E-state index in [2.05, 4.69) is 332 Å². The van der Waals surface area contributed by atoms with Crippen molar-refractivity contribution < 1.29 is 0 Å². The minimum Gasteiger partial charge on any atom is -0.0917 e. The highest BCUT2D eigenvalue weighted by Gasteiger charge is 2.27. The van der Waals surface area contributed by atoms with E-state index in [1.165, 1.54) is 111 Å². The van der Waals surface area contributed by atoms with E-state index in [4.69, 9.17) is 0 Å². The molecule has 0 nitrogen and oxygen atoms in total. The van der Waals surface area contributed by atoms with Gasteiger partial charge in [0.25, 0.3) is 0 Å². The van der Waals surface area contributed by atoms with Gasteiger partial charge in [-0.25, -0.2) is 0 Å². The van der Waals surface area contributed by atoms with Gasteiger partial charge >= 0.3 is 0 Å². The summed E-state index contributed by atoms with van der Waals surface area (Å²) in [5, 5.41) is 0. The standard InChI is InChI=1S/C40H56.C39H54/c1-31(19-13-21-33(3)25-27-37-35(5)23-15-29-39(37,7)8)17-11-12-18-32(2)20-14-22-34(4)26-28-38-36(6)24-16-30-40(38,9)10;1-10-11-12-21-34(4)25-16-29-38(8)30-17-26-35(5)22-13-14-23-36(6)27-18-31-39(9)32-19-28-37(7)24-15-20-33(2)3/h11-14,17-22,25-28H,15-16,23-24,29-30H2,1-10H3;10-11,13-14,16-20,22-23,25-32H,12,15,21,24H2,1-9H3/b12-11+,19-13+,20-14+,27-25+,28-26+,31-17+,32-18+,33-21+,34-22+;11-10?,14-13+,26-17+,27-18+,29-16+,32-19+,34-25+,35-22+,36-23+,37-28+,38-30+,39-31+. The highest BCUT2D eigenvalue weighted by Crippen LogP contribution is 2.42. The Labute approximate surface area is 488 Å². The highest BCUT2D eigenvalue weighted by atomic mass is 14.3. The Morgan fingerprint density at radius 3 is 0.937 bits per heavy atom. The summed E-state index contributed by atoms with van der Waals surface area (Å²) in [6, 6.07) is 0. The largest absolute Gasteiger partial charge is 0.0917 e. The molecule has 0 amide bonds. The van der Waals surface area contributed by atoms with Crippen LogP contribution in [0, 0.1) is 10.8 Å². The molecule has 0 fully saturated rings. The third-order valence-electron chi connectivity index (χ3n) is 14.2. The van der Waals surface area contributed by atoms with Gasteiger partial charge in [-0.3, -0.25) is 0 Å². The lowest BCUT2D eigenvalue weighted by Crippen LogP contribution is -2.19. The summed E-state index contributed by atoms with van der Waals surface area (Å²) in [6.45, 7) is 42.0. The zero-order valence-electron chi connectivity index (χ0n) is 53.6. The van der Waals surface area contributed by atoms with Crippen LogP contribution in [0.1, 0.15) is 196 Å². The Bertz CT molecular complexity index is 2590. The third-order valence-corrected chi connectivity index (χ3v) is 14.2. The van der Waals surface area contributed by atoms with Gasteiger partial charge in [-0.05, 0) is 190 Å². The van der Waals surface area contributed by atoms with Crippen LogP contribution in [0.2, 0.25) is 0 Å². The van der Waals surface area contributed by atoms with E-state index in [0.29, 0.717) is 10.8 Å². The molecule has 0 saturated carbocycles. The second-order valence-corrected chi connectivity index (χ2v) is 23.7. The van der Waals surface area contributed by atoms with Crippen molar-refractivity contribution in [2.45, 2.75) is 196 Å². The second kappa shape index (κ2) is 40.9. The Kier molecular flexibility index (Phi) is 36.6. The molecule has 0 radical (unpaired) electrons. The molecule has 0 heteroatoms. The van der Waals surface area contributed by atoms with Crippen molar-refractivity contribution in [3.05, 3.63) is 284 Å². The lowest BCUT2D eigenvalue weighted by Gasteiger charge is -2.33. The predicted molar refractivity (Wildman–Crippen MR) is 362 cm³/mol. The molecule has 0 N–H and O–H groups in total. The van der Waals surface area contributed by atoms with E-state index in [-0.39, 0.29) is 0 Å². The Balaban J connectivity index is 0.000000791.